The molecular weight excluding hydrogens is 324 g/mol. The quantitative estimate of drug-likeness (QED) is 0.622. The van der Waals surface area contributed by atoms with Crippen molar-refractivity contribution in [2.24, 2.45) is 11.3 Å². The molecule has 0 spiro atoms. The van der Waals surface area contributed by atoms with Gasteiger partial charge in [0.2, 0.25) is 0 Å². The molecule has 2 aromatic rings. The molecule has 21 heavy (non-hydrogen) atoms. The molecule has 0 N–H and O–H groups in total. The van der Waals surface area contributed by atoms with Crippen LogP contribution in [0.1, 0.15) is 20.8 Å². The van der Waals surface area contributed by atoms with Crippen molar-refractivity contribution in [3.05, 3.63) is 54.6 Å². The Labute approximate surface area is 136 Å². The van der Waals surface area contributed by atoms with Crippen LogP contribution in [0.3, 0.4) is 0 Å². The molecule has 2 aromatic carbocycles. The Bertz CT molecular complexity index is 540. The van der Waals surface area contributed by atoms with Crippen LogP contribution < -0.4 is 4.74 Å². The molecule has 0 radical (unpaired) electrons. The predicted octanol–water partition coefficient (Wildman–Crippen LogP) is 5.79. The van der Waals surface area contributed by atoms with Crippen LogP contribution in [0.15, 0.2) is 54.6 Å². The fraction of sp³-hybridized carbons (Fsp3) is 0.368. The zero-order valence-corrected chi connectivity index (χ0v) is 14.6. The maximum atomic E-state index is 5.95. The number of benzene rings is 2. The van der Waals surface area contributed by atoms with Gasteiger partial charge in [-0.2, -0.15) is 0 Å². The Morgan fingerprint density at radius 2 is 1.48 bits per heavy atom. The van der Waals surface area contributed by atoms with E-state index in [0.29, 0.717) is 5.92 Å². The van der Waals surface area contributed by atoms with Gasteiger partial charge in [0, 0.05) is 11.2 Å². The number of hydrogen-bond acceptors (Lipinski definition) is 1. The summed E-state index contributed by atoms with van der Waals surface area (Å²) in [5.74, 6) is 1.43. The second-order valence-corrected chi connectivity index (χ2v) is 7.07. The van der Waals surface area contributed by atoms with E-state index in [1.807, 2.05) is 6.07 Å². The van der Waals surface area contributed by atoms with Crippen LogP contribution >= 0.6 is 15.9 Å². The number of halogens is 1. The van der Waals surface area contributed by atoms with Crippen molar-refractivity contribution in [1.29, 1.82) is 0 Å². The minimum absolute atomic E-state index is 0.244. The first-order valence-corrected chi connectivity index (χ1v) is 8.47. The van der Waals surface area contributed by atoms with Gasteiger partial charge in [-0.25, -0.2) is 0 Å². The fourth-order valence-electron chi connectivity index (χ4n) is 2.10. The topological polar surface area (TPSA) is 9.23 Å². The van der Waals surface area contributed by atoms with Crippen molar-refractivity contribution in [3.8, 4) is 16.9 Å². The van der Waals surface area contributed by atoms with Gasteiger partial charge in [0.1, 0.15) is 5.75 Å². The van der Waals surface area contributed by atoms with Gasteiger partial charge in [0.15, 0.2) is 0 Å². The summed E-state index contributed by atoms with van der Waals surface area (Å²) in [7, 11) is 0. The summed E-state index contributed by atoms with van der Waals surface area (Å²) < 4.78 is 5.95. The van der Waals surface area contributed by atoms with Crippen LogP contribution in [0.5, 0.6) is 5.75 Å². The Balaban J connectivity index is 2.00. The van der Waals surface area contributed by atoms with Gasteiger partial charge in [-0.15, -0.1) is 0 Å². The molecule has 112 valence electrons. The lowest BCUT2D eigenvalue weighted by atomic mass is 9.83. The normalized spacial score (nSPS) is 13.0. The highest BCUT2D eigenvalue weighted by Crippen LogP contribution is 2.29. The smallest absolute Gasteiger partial charge is 0.119 e. The summed E-state index contributed by atoms with van der Waals surface area (Å²) in [5.41, 5.74) is 2.70. The van der Waals surface area contributed by atoms with Crippen molar-refractivity contribution < 1.29 is 4.74 Å². The zero-order valence-electron chi connectivity index (χ0n) is 13.0. The standard InChI is InChI=1S/C19H23BrO/c1-19(2,3)17(13-20)14-21-18-11-9-16(10-12-18)15-7-5-4-6-8-15/h4-12,17H,13-14H2,1-3H3. The molecule has 0 saturated heterocycles. The van der Waals surface area contributed by atoms with Gasteiger partial charge < -0.3 is 4.74 Å². The molecule has 0 aliphatic rings. The summed E-state index contributed by atoms with van der Waals surface area (Å²) in [6.45, 7) is 7.49. The fourth-order valence-corrected chi connectivity index (χ4v) is 3.26. The molecule has 1 atom stereocenters. The molecule has 0 saturated carbocycles. The van der Waals surface area contributed by atoms with E-state index in [2.05, 4.69) is 85.2 Å². The largest absolute Gasteiger partial charge is 0.493 e. The van der Waals surface area contributed by atoms with E-state index in [-0.39, 0.29) is 5.41 Å². The first-order valence-electron chi connectivity index (χ1n) is 7.35. The van der Waals surface area contributed by atoms with E-state index in [0.717, 1.165) is 17.7 Å². The second-order valence-electron chi connectivity index (χ2n) is 6.42. The van der Waals surface area contributed by atoms with Crippen molar-refractivity contribution in [1.82, 2.24) is 0 Å². The first-order chi connectivity index (χ1) is 10.0. The zero-order chi connectivity index (χ0) is 15.3. The summed E-state index contributed by atoms with van der Waals surface area (Å²) in [6, 6.07) is 18.7. The Hall–Kier alpha value is -1.28. The molecule has 0 fully saturated rings. The molecule has 2 rings (SSSR count). The summed E-state index contributed by atoms with van der Waals surface area (Å²) in [6.07, 6.45) is 0. The molecule has 2 heteroatoms. The lowest BCUT2D eigenvalue weighted by molar-refractivity contribution is 0.166. The predicted molar refractivity (Wildman–Crippen MR) is 94.1 cm³/mol. The van der Waals surface area contributed by atoms with Gasteiger partial charge in [-0.05, 0) is 28.7 Å². The summed E-state index contributed by atoms with van der Waals surface area (Å²) in [5, 5.41) is 0.957. The van der Waals surface area contributed by atoms with Crippen LogP contribution in [0, 0.1) is 11.3 Å². The molecule has 0 amide bonds. The molecule has 1 nitrogen and oxygen atoms in total. The van der Waals surface area contributed by atoms with E-state index in [1.165, 1.54) is 11.1 Å². The van der Waals surface area contributed by atoms with Crippen molar-refractivity contribution in [2.45, 2.75) is 20.8 Å². The Morgan fingerprint density at radius 3 is 2.00 bits per heavy atom. The maximum absolute atomic E-state index is 5.95. The third-order valence-electron chi connectivity index (χ3n) is 3.82. The lowest BCUT2D eigenvalue weighted by Gasteiger charge is -2.29. The van der Waals surface area contributed by atoms with Gasteiger partial charge in [-0.1, -0.05) is 79.2 Å². The van der Waals surface area contributed by atoms with Crippen molar-refractivity contribution in [2.75, 3.05) is 11.9 Å². The number of rotatable bonds is 5. The average Bonchev–Trinajstić information content (AvgIpc) is 2.48. The Kier molecular flexibility index (Phi) is 5.46. The number of alkyl halides is 1. The third-order valence-corrected chi connectivity index (χ3v) is 4.61. The van der Waals surface area contributed by atoms with Crippen LogP contribution in [0.25, 0.3) is 11.1 Å². The van der Waals surface area contributed by atoms with Crippen LogP contribution in [-0.4, -0.2) is 11.9 Å². The van der Waals surface area contributed by atoms with Gasteiger partial charge >= 0.3 is 0 Å². The molecule has 0 aromatic heterocycles. The maximum Gasteiger partial charge on any atom is 0.119 e. The SMILES string of the molecule is CC(C)(C)C(CBr)COc1ccc(-c2ccccc2)cc1. The number of ether oxygens (including phenoxy) is 1. The number of hydrogen-bond donors (Lipinski definition) is 0. The van der Waals surface area contributed by atoms with E-state index in [9.17, 15) is 0 Å². The minimum atomic E-state index is 0.244. The molecule has 1 unspecified atom stereocenters. The van der Waals surface area contributed by atoms with Gasteiger partial charge in [0.25, 0.3) is 0 Å². The summed E-state index contributed by atoms with van der Waals surface area (Å²) in [4.78, 5) is 0. The second kappa shape index (κ2) is 7.13. The highest BCUT2D eigenvalue weighted by atomic mass is 79.9. The van der Waals surface area contributed by atoms with Gasteiger partial charge in [-0.3, -0.25) is 0 Å². The summed E-state index contributed by atoms with van der Waals surface area (Å²) >= 11 is 3.59. The molecule has 0 heterocycles. The molecule has 0 bridgehead atoms. The van der Waals surface area contributed by atoms with E-state index in [4.69, 9.17) is 4.74 Å². The van der Waals surface area contributed by atoms with E-state index in [1.54, 1.807) is 0 Å². The van der Waals surface area contributed by atoms with E-state index < -0.39 is 0 Å². The van der Waals surface area contributed by atoms with E-state index >= 15 is 0 Å². The highest BCUT2D eigenvalue weighted by Gasteiger charge is 2.24. The molecular formula is C19H23BrO. The Morgan fingerprint density at radius 1 is 0.905 bits per heavy atom. The first kappa shape index (κ1) is 16.1. The molecule has 0 aliphatic carbocycles. The lowest BCUT2D eigenvalue weighted by Crippen LogP contribution is -2.27. The van der Waals surface area contributed by atoms with Crippen molar-refractivity contribution in [3.63, 3.8) is 0 Å². The van der Waals surface area contributed by atoms with Crippen LogP contribution in [0.2, 0.25) is 0 Å². The monoisotopic (exact) mass is 346 g/mol. The van der Waals surface area contributed by atoms with Crippen molar-refractivity contribution >= 4 is 15.9 Å². The average molecular weight is 347 g/mol. The molecule has 0 aliphatic heterocycles. The third kappa shape index (κ3) is 4.60. The van der Waals surface area contributed by atoms with Crippen LogP contribution in [-0.2, 0) is 0 Å². The van der Waals surface area contributed by atoms with Gasteiger partial charge in [0.05, 0.1) is 6.61 Å². The van der Waals surface area contributed by atoms with Crippen LogP contribution in [0.4, 0.5) is 0 Å². The highest BCUT2D eigenvalue weighted by molar-refractivity contribution is 9.09. The minimum Gasteiger partial charge on any atom is -0.493 e.